The molecule has 0 aliphatic rings. The number of hydrogen-bond donors (Lipinski definition) is 0. The topological polar surface area (TPSA) is 36.9 Å². The van der Waals surface area contributed by atoms with E-state index < -0.39 is 12.6 Å². The van der Waals surface area contributed by atoms with Gasteiger partial charge in [-0.1, -0.05) is 0 Å². The molecule has 18 heavy (non-hydrogen) atoms. The van der Waals surface area contributed by atoms with E-state index >= 15 is 0 Å². The van der Waals surface area contributed by atoms with Crippen LogP contribution in [0.4, 0.5) is 0 Å². The Morgan fingerprint density at radius 1 is 0.500 bits per heavy atom. The SMILES string of the molecule is ClCCOC(OCCCl)C(OCCCl)OCCCl. The van der Waals surface area contributed by atoms with Crippen LogP contribution in [0.5, 0.6) is 0 Å². The molecule has 8 heteroatoms. The van der Waals surface area contributed by atoms with Gasteiger partial charge in [0.1, 0.15) is 0 Å². The highest BCUT2D eigenvalue weighted by Gasteiger charge is 2.24. The van der Waals surface area contributed by atoms with Crippen LogP contribution < -0.4 is 0 Å². The van der Waals surface area contributed by atoms with Gasteiger partial charge in [0.25, 0.3) is 0 Å². The van der Waals surface area contributed by atoms with E-state index in [9.17, 15) is 0 Å². The fourth-order valence-electron chi connectivity index (χ4n) is 1.05. The molecule has 0 spiro atoms. The van der Waals surface area contributed by atoms with Crippen molar-refractivity contribution in [2.45, 2.75) is 12.6 Å². The molecular formula is C10H18Cl4O4. The van der Waals surface area contributed by atoms with Crippen LogP contribution in [0.3, 0.4) is 0 Å². The Morgan fingerprint density at radius 2 is 0.722 bits per heavy atom. The third kappa shape index (κ3) is 9.87. The molecule has 0 radical (unpaired) electrons. The highest BCUT2D eigenvalue weighted by Crippen LogP contribution is 2.10. The first-order valence-electron chi connectivity index (χ1n) is 5.50. The minimum absolute atomic E-state index is 0.319. The summed E-state index contributed by atoms with van der Waals surface area (Å²) in [6.07, 6.45) is -1.40. The van der Waals surface area contributed by atoms with Gasteiger partial charge >= 0.3 is 0 Å². The number of ether oxygens (including phenoxy) is 4. The molecule has 0 heterocycles. The molecule has 0 bridgehead atoms. The van der Waals surface area contributed by atoms with Crippen molar-refractivity contribution in [3.63, 3.8) is 0 Å². The first-order chi connectivity index (χ1) is 8.79. The molecule has 0 saturated carbocycles. The van der Waals surface area contributed by atoms with Gasteiger partial charge in [0.05, 0.1) is 26.4 Å². The van der Waals surface area contributed by atoms with E-state index in [1.54, 1.807) is 0 Å². The van der Waals surface area contributed by atoms with Crippen LogP contribution in [0.15, 0.2) is 0 Å². The Labute approximate surface area is 128 Å². The Morgan fingerprint density at radius 3 is 0.889 bits per heavy atom. The van der Waals surface area contributed by atoms with Crippen molar-refractivity contribution in [2.75, 3.05) is 49.9 Å². The molecule has 0 aromatic carbocycles. The van der Waals surface area contributed by atoms with E-state index in [0.717, 1.165) is 0 Å². The summed E-state index contributed by atoms with van der Waals surface area (Å²) in [5.41, 5.74) is 0. The number of alkyl halides is 4. The maximum atomic E-state index is 5.56. The van der Waals surface area contributed by atoms with Gasteiger partial charge < -0.3 is 18.9 Å². The first kappa shape index (κ1) is 19.0. The van der Waals surface area contributed by atoms with Crippen LogP contribution in [-0.4, -0.2) is 62.5 Å². The fraction of sp³-hybridized carbons (Fsp3) is 1.00. The Bertz CT molecular complexity index is 142. The van der Waals surface area contributed by atoms with Gasteiger partial charge in [-0.3, -0.25) is 0 Å². The zero-order valence-electron chi connectivity index (χ0n) is 9.96. The predicted molar refractivity (Wildman–Crippen MR) is 74.3 cm³/mol. The third-order valence-electron chi connectivity index (χ3n) is 1.66. The van der Waals surface area contributed by atoms with Crippen LogP contribution in [0.2, 0.25) is 0 Å². The summed E-state index contributed by atoms with van der Waals surface area (Å²) in [7, 11) is 0. The number of hydrogen-bond acceptors (Lipinski definition) is 4. The van der Waals surface area contributed by atoms with Gasteiger partial charge in [0.2, 0.25) is 12.6 Å². The molecule has 0 N–H and O–H groups in total. The Balaban J connectivity index is 4.27. The van der Waals surface area contributed by atoms with Gasteiger partial charge in [-0.05, 0) is 0 Å². The molecule has 0 saturated heterocycles. The molecule has 110 valence electrons. The first-order valence-corrected chi connectivity index (χ1v) is 7.64. The van der Waals surface area contributed by atoms with Crippen LogP contribution in [-0.2, 0) is 18.9 Å². The van der Waals surface area contributed by atoms with Gasteiger partial charge in [0.15, 0.2) is 0 Å². The Hall–Kier alpha value is 1.00. The smallest absolute Gasteiger partial charge is 0.209 e. The minimum atomic E-state index is -0.700. The quantitative estimate of drug-likeness (QED) is 0.380. The van der Waals surface area contributed by atoms with E-state index in [1.165, 1.54) is 0 Å². The molecular weight excluding hydrogens is 326 g/mol. The lowest BCUT2D eigenvalue weighted by Gasteiger charge is -2.26. The monoisotopic (exact) mass is 342 g/mol. The summed E-state index contributed by atoms with van der Waals surface area (Å²) in [4.78, 5) is 0. The molecule has 0 amide bonds. The third-order valence-corrected chi connectivity index (χ3v) is 2.28. The number of rotatable bonds is 13. The summed E-state index contributed by atoms with van der Waals surface area (Å²) in [5, 5.41) is 0. The van der Waals surface area contributed by atoms with Crippen molar-refractivity contribution in [1.29, 1.82) is 0 Å². The standard InChI is InChI=1S/C10H18Cl4O4/c11-1-5-15-9(16-6-2-12)10(17-7-3-13)18-8-4-14/h9-10H,1-8H2. The highest BCUT2D eigenvalue weighted by atomic mass is 35.5. The summed E-state index contributed by atoms with van der Waals surface area (Å²) in [5.74, 6) is 1.38. The van der Waals surface area contributed by atoms with Gasteiger partial charge in [-0.25, -0.2) is 0 Å². The van der Waals surface area contributed by atoms with Crippen LogP contribution >= 0.6 is 46.4 Å². The van der Waals surface area contributed by atoms with E-state index in [1.807, 2.05) is 0 Å². The van der Waals surface area contributed by atoms with Gasteiger partial charge in [-0.2, -0.15) is 0 Å². The second-order valence-electron chi connectivity index (χ2n) is 2.98. The summed E-state index contributed by atoms with van der Waals surface area (Å²) < 4.78 is 21.6. The van der Waals surface area contributed by atoms with E-state index in [4.69, 9.17) is 65.4 Å². The zero-order valence-corrected chi connectivity index (χ0v) is 13.0. The molecule has 0 fully saturated rings. The van der Waals surface area contributed by atoms with Crippen molar-refractivity contribution < 1.29 is 18.9 Å². The second-order valence-corrected chi connectivity index (χ2v) is 4.49. The lowest BCUT2D eigenvalue weighted by molar-refractivity contribution is -0.280. The van der Waals surface area contributed by atoms with Crippen molar-refractivity contribution in [3.05, 3.63) is 0 Å². The zero-order chi connectivity index (χ0) is 13.6. The van der Waals surface area contributed by atoms with Crippen molar-refractivity contribution in [2.24, 2.45) is 0 Å². The molecule has 0 rings (SSSR count). The van der Waals surface area contributed by atoms with E-state index in [0.29, 0.717) is 49.9 Å². The molecule has 0 unspecified atom stereocenters. The molecule has 0 aliphatic heterocycles. The molecule has 0 aromatic heterocycles. The largest absolute Gasteiger partial charge is 0.347 e. The average molecular weight is 344 g/mol. The highest BCUT2D eigenvalue weighted by molar-refractivity contribution is 6.18. The molecule has 4 nitrogen and oxygen atoms in total. The van der Waals surface area contributed by atoms with E-state index in [2.05, 4.69) is 0 Å². The van der Waals surface area contributed by atoms with Crippen LogP contribution in [0, 0.1) is 0 Å². The number of halogens is 4. The van der Waals surface area contributed by atoms with Crippen molar-refractivity contribution in [3.8, 4) is 0 Å². The lowest BCUT2D eigenvalue weighted by atomic mass is 10.5. The van der Waals surface area contributed by atoms with Crippen LogP contribution in [0.1, 0.15) is 0 Å². The average Bonchev–Trinajstić information content (AvgIpc) is 2.40. The second kappa shape index (κ2) is 14.4. The van der Waals surface area contributed by atoms with Crippen molar-refractivity contribution in [1.82, 2.24) is 0 Å². The van der Waals surface area contributed by atoms with Crippen LogP contribution in [0.25, 0.3) is 0 Å². The summed E-state index contributed by atoms with van der Waals surface area (Å²) in [6.45, 7) is 1.28. The van der Waals surface area contributed by atoms with Crippen molar-refractivity contribution >= 4 is 46.4 Å². The minimum Gasteiger partial charge on any atom is -0.347 e. The normalized spacial score (nSPS) is 11.7. The molecule has 0 atom stereocenters. The maximum Gasteiger partial charge on any atom is 0.209 e. The Kier molecular flexibility index (Phi) is 15.2. The maximum absolute atomic E-state index is 5.56. The van der Waals surface area contributed by atoms with E-state index in [-0.39, 0.29) is 0 Å². The van der Waals surface area contributed by atoms with Gasteiger partial charge in [0, 0.05) is 23.5 Å². The predicted octanol–water partition coefficient (Wildman–Crippen LogP) is 2.66. The summed E-state index contributed by atoms with van der Waals surface area (Å²) in [6, 6.07) is 0. The van der Waals surface area contributed by atoms with Gasteiger partial charge in [-0.15, -0.1) is 46.4 Å². The fourth-order valence-corrected chi connectivity index (χ4v) is 1.41. The molecule has 0 aliphatic carbocycles. The lowest BCUT2D eigenvalue weighted by Crippen LogP contribution is -2.38. The molecule has 0 aromatic rings. The summed E-state index contributed by atoms with van der Waals surface area (Å²) >= 11 is 22.3.